The first-order valence-electron chi connectivity index (χ1n) is 9.16. The molecule has 0 aliphatic heterocycles. The molecule has 3 aromatic carbocycles. The van der Waals surface area contributed by atoms with Crippen LogP contribution < -0.4 is 20.9 Å². The first-order chi connectivity index (χ1) is 13.5. The van der Waals surface area contributed by atoms with Crippen molar-refractivity contribution in [1.29, 1.82) is 0 Å². The average molecular weight is 394 g/mol. The van der Waals surface area contributed by atoms with E-state index in [1.54, 1.807) is 6.92 Å². The fourth-order valence-corrected chi connectivity index (χ4v) is 2.87. The van der Waals surface area contributed by atoms with Crippen molar-refractivity contribution in [2.24, 2.45) is 0 Å². The quantitative estimate of drug-likeness (QED) is 0.448. The van der Waals surface area contributed by atoms with Gasteiger partial charge in [0.15, 0.2) is 11.2 Å². The van der Waals surface area contributed by atoms with Crippen molar-refractivity contribution in [1.82, 2.24) is 10.9 Å². The van der Waals surface area contributed by atoms with Crippen LogP contribution in [-0.2, 0) is 11.2 Å². The minimum Gasteiger partial charge on any atom is -0.481 e. The number of hydrazine groups is 1. The zero-order valence-electron chi connectivity index (χ0n) is 15.9. The Kier molecular flexibility index (Phi) is 6.45. The van der Waals surface area contributed by atoms with E-state index < -0.39 is 6.10 Å². The number of carbonyl (C=O) groups excluding carboxylic acids is 1. The number of nitrogens with one attached hydrogen (secondary N) is 3. The molecule has 3 rings (SSSR count). The molecule has 6 heteroatoms. The van der Waals surface area contributed by atoms with Crippen LogP contribution in [0.2, 0.25) is 0 Å². The van der Waals surface area contributed by atoms with Gasteiger partial charge < -0.3 is 10.1 Å². The number of hydrogen-bond donors (Lipinski definition) is 3. The zero-order valence-corrected chi connectivity index (χ0v) is 16.7. The summed E-state index contributed by atoms with van der Waals surface area (Å²) >= 11 is 5.21. The molecule has 3 N–H and O–H groups in total. The first-order valence-corrected chi connectivity index (χ1v) is 9.57. The van der Waals surface area contributed by atoms with Crippen LogP contribution >= 0.6 is 12.2 Å². The van der Waals surface area contributed by atoms with Crippen LogP contribution in [0.1, 0.15) is 19.4 Å². The predicted molar refractivity (Wildman–Crippen MR) is 117 cm³/mol. The van der Waals surface area contributed by atoms with Gasteiger partial charge in [-0.2, -0.15) is 0 Å². The maximum atomic E-state index is 12.3. The third-order valence-electron chi connectivity index (χ3n) is 4.32. The van der Waals surface area contributed by atoms with Gasteiger partial charge in [0, 0.05) is 5.69 Å². The number of rotatable bonds is 5. The number of anilines is 1. The highest BCUT2D eigenvalue weighted by atomic mass is 32.1. The second-order valence-corrected chi connectivity index (χ2v) is 6.80. The Morgan fingerprint density at radius 1 is 1.00 bits per heavy atom. The molecule has 0 bridgehead atoms. The molecule has 1 atom stereocenters. The molecule has 3 aromatic rings. The molecule has 0 spiro atoms. The molecule has 28 heavy (non-hydrogen) atoms. The van der Waals surface area contributed by atoms with Gasteiger partial charge in [-0.3, -0.25) is 15.6 Å². The van der Waals surface area contributed by atoms with Gasteiger partial charge in [-0.25, -0.2) is 0 Å². The number of benzene rings is 3. The molecular weight excluding hydrogens is 370 g/mol. The largest absolute Gasteiger partial charge is 0.481 e. The topological polar surface area (TPSA) is 62.4 Å². The highest BCUT2D eigenvalue weighted by Crippen LogP contribution is 2.21. The van der Waals surface area contributed by atoms with E-state index in [9.17, 15) is 4.79 Å². The molecule has 0 heterocycles. The standard InChI is InChI=1S/C22H23N3O2S/c1-3-16-8-11-19(12-9-16)23-22(28)25-24-21(26)15(2)27-20-13-10-17-6-4-5-7-18(17)14-20/h4-15H,3H2,1-2H3,(H,24,26)(H2,23,25,28)/t15-/m1/s1. The molecule has 0 aliphatic carbocycles. The summed E-state index contributed by atoms with van der Waals surface area (Å²) in [6.45, 7) is 3.79. The Labute approximate surface area is 170 Å². The van der Waals surface area contributed by atoms with E-state index in [1.165, 1.54) is 5.56 Å². The molecule has 0 aliphatic rings. The van der Waals surface area contributed by atoms with Crippen molar-refractivity contribution in [3.8, 4) is 5.75 Å². The van der Waals surface area contributed by atoms with Gasteiger partial charge in [0.2, 0.25) is 0 Å². The third-order valence-corrected chi connectivity index (χ3v) is 4.53. The highest BCUT2D eigenvalue weighted by molar-refractivity contribution is 7.80. The smallest absolute Gasteiger partial charge is 0.279 e. The van der Waals surface area contributed by atoms with Crippen LogP contribution in [-0.4, -0.2) is 17.1 Å². The van der Waals surface area contributed by atoms with E-state index >= 15 is 0 Å². The summed E-state index contributed by atoms with van der Waals surface area (Å²) in [6, 6.07) is 21.7. The van der Waals surface area contributed by atoms with E-state index in [-0.39, 0.29) is 5.91 Å². The van der Waals surface area contributed by atoms with Crippen LogP contribution in [0.3, 0.4) is 0 Å². The Hall–Kier alpha value is -3.12. The van der Waals surface area contributed by atoms with E-state index in [4.69, 9.17) is 17.0 Å². The second kappa shape index (κ2) is 9.19. The predicted octanol–water partition coefficient (Wildman–Crippen LogP) is 4.19. The van der Waals surface area contributed by atoms with Crippen LogP contribution in [0.25, 0.3) is 10.8 Å². The van der Waals surface area contributed by atoms with Gasteiger partial charge in [0.05, 0.1) is 0 Å². The van der Waals surface area contributed by atoms with Crippen molar-refractivity contribution in [3.05, 3.63) is 72.3 Å². The lowest BCUT2D eigenvalue weighted by Gasteiger charge is -2.17. The number of thiocarbonyl (C=S) groups is 1. The molecule has 0 unspecified atom stereocenters. The summed E-state index contributed by atoms with van der Waals surface area (Å²) in [5.74, 6) is 0.316. The average Bonchev–Trinajstić information content (AvgIpc) is 2.72. The lowest BCUT2D eigenvalue weighted by Crippen LogP contribution is -2.48. The van der Waals surface area contributed by atoms with Gasteiger partial charge in [-0.15, -0.1) is 0 Å². The van der Waals surface area contributed by atoms with Crippen LogP contribution in [0.4, 0.5) is 5.69 Å². The minimum atomic E-state index is -0.680. The number of aryl methyl sites for hydroxylation is 1. The van der Waals surface area contributed by atoms with Crippen molar-refractivity contribution in [3.63, 3.8) is 0 Å². The van der Waals surface area contributed by atoms with Crippen molar-refractivity contribution < 1.29 is 9.53 Å². The Morgan fingerprint density at radius 3 is 2.43 bits per heavy atom. The molecule has 0 saturated carbocycles. The number of carbonyl (C=O) groups is 1. The fraction of sp³-hybridized carbons (Fsp3) is 0.182. The number of hydrogen-bond acceptors (Lipinski definition) is 3. The Bertz CT molecular complexity index is 973. The van der Waals surface area contributed by atoms with Crippen LogP contribution in [0.5, 0.6) is 5.75 Å². The molecule has 0 aromatic heterocycles. The highest BCUT2D eigenvalue weighted by Gasteiger charge is 2.15. The van der Waals surface area contributed by atoms with Crippen molar-refractivity contribution in [2.45, 2.75) is 26.4 Å². The fourth-order valence-electron chi connectivity index (χ4n) is 2.70. The number of amides is 1. The number of ether oxygens (including phenoxy) is 1. The van der Waals surface area contributed by atoms with Crippen LogP contribution in [0.15, 0.2) is 66.7 Å². The normalized spacial score (nSPS) is 11.5. The van der Waals surface area contributed by atoms with Crippen molar-refractivity contribution in [2.75, 3.05) is 5.32 Å². The summed E-state index contributed by atoms with van der Waals surface area (Å²) in [7, 11) is 0. The van der Waals surface area contributed by atoms with E-state index in [2.05, 4.69) is 23.1 Å². The van der Waals surface area contributed by atoms with Gasteiger partial charge in [0.25, 0.3) is 5.91 Å². The summed E-state index contributed by atoms with van der Waals surface area (Å²) in [5.41, 5.74) is 7.36. The lowest BCUT2D eigenvalue weighted by atomic mass is 10.1. The second-order valence-electron chi connectivity index (χ2n) is 6.39. The van der Waals surface area contributed by atoms with Gasteiger partial charge in [-0.05, 0) is 66.2 Å². The molecule has 0 fully saturated rings. The van der Waals surface area contributed by atoms with Gasteiger partial charge in [0.1, 0.15) is 5.75 Å². The molecule has 1 amide bonds. The molecule has 0 radical (unpaired) electrons. The summed E-state index contributed by atoms with van der Waals surface area (Å²) in [4.78, 5) is 12.3. The lowest BCUT2D eigenvalue weighted by molar-refractivity contribution is -0.127. The maximum absolute atomic E-state index is 12.3. The Balaban J connectivity index is 1.49. The molecular formula is C22H23N3O2S. The SMILES string of the molecule is CCc1ccc(NC(=S)NNC(=O)[C@@H](C)Oc2ccc3ccccc3c2)cc1. The molecule has 0 saturated heterocycles. The van der Waals surface area contributed by atoms with E-state index in [0.717, 1.165) is 22.9 Å². The third kappa shape index (κ3) is 5.20. The van der Waals surface area contributed by atoms with E-state index in [0.29, 0.717) is 10.9 Å². The van der Waals surface area contributed by atoms with Gasteiger partial charge in [-0.1, -0.05) is 49.4 Å². The zero-order chi connectivity index (χ0) is 19.9. The molecule has 5 nitrogen and oxygen atoms in total. The summed E-state index contributed by atoms with van der Waals surface area (Å²) < 4.78 is 5.74. The van der Waals surface area contributed by atoms with Gasteiger partial charge >= 0.3 is 0 Å². The summed E-state index contributed by atoms with van der Waals surface area (Å²) in [5, 5.41) is 5.51. The molecule has 144 valence electrons. The first kappa shape index (κ1) is 19.6. The summed E-state index contributed by atoms with van der Waals surface area (Å²) in [6.07, 6.45) is 0.300. The van der Waals surface area contributed by atoms with Crippen molar-refractivity contribution >= 4 is 39.7 Å². The Morgan fingerprint density at radius 2 is 1.71 bits per heavy atom. The van der Waals surface area contributed by atoms with Crippen LogP contribution in [0, 0.1) is 0 Å². The monoisotopic (exact) mass is 393 g/mol. The number of fused-ring (bicyclic) bond motifs is 1. The minimum absolute atomic E-state index is 0.301. The maximum Gasteiger partial charge on any atom is 0.279 e. The van der Waals surface area contributed by atoms with E-state index in [1.807, 2.05) is 66.7 Å².